The van der Waals surface area contributed by atoms with Gasteiger partial charge >= 0.3 is 0 Å². The summed E-state index contributed by atoms with van der Waals surface area (Å²) in [6.07, 6.45) is 4.19. The van der Waals surface area contributed by atoms with Gasteiger partial charge in [-0.2, -0.15) is 0 Å². The van der Waals surface area contributed by atoms with Crippen LogP contribution in [0.3, 0.4) is 0 Å². The van der Waals surface area contributed by atoms with Crippen LogP contribution < -0.4 is 10.5 Å². The standard InChI is InChI=1S/C11H11BrN4O2S/c1-7-4-8(12)9(13)5-10(7)19(17,18)16-11-6-14-2-3-15-11/h2-6H,13H2,1H3,(H,15,16). The van der Waals surface area contributed by atoms with Gasteiger partial charge in [0, 0.05) is 22.6 Å². The minimum absolute atomic E-state index is 0.110. The van der Waals surface area contributed by atoms with Gasteiger partial charge in [0.05, 0.1) is 11.1 Å². The van der Waals surface area contributed by atoms with Crippen LogP contribution in [0.15, 0.2) is 40.1 Å². The van der Waals surface area contributed by atoms with Crippen molar-refractivity contribution in [1.29, 1.82) is 0 Å². The van der Waals surface area contributed by atoms with E-state index in [0.717, 1.165) is 0 Å². The maximum absolute atomic E-state index is 12.2. The number of aromatic nitrogens is 2. The van der Waals surface area contributed by atoms with Gasteiger partial charge in [0.2, 0.25) is 0 Å². The Morgan fingerprint density at radius 2 is 2.05 bits per heavy atom. The zero-order chi connectivity index (χ0) is 14.0. The van der Waals surface area contributed by atoms with Gasteiger partial charge < -0.3 is 5.73 Å². The molecule has 2 rings (SSSR count). The number of hydrogen-bond donors (Lipinski definition) is 2. The van der Waals surface area contributed by atoms with E-state index in [1.54, 1.807) is 13.0 Å². The second-order valence-electron chi connectivity index (χ2n) is 3.84. The predicted molar refractivity (Wildman–Crippen MR) is 76.1 cm³/mol. The Labute approximate surface area is 119 Å². The third-order valence-electron chi connectivity index (χ3n) is 2.39. The second-order valence-corrected chi connectivity index (χ2v) is 6.34. The molecule has 3 N–H and O–H groups in total. The Kier molecular flexibility index (Phi) is 3.72. The van der Waals surface area contributed by atoms with Crippen molar-refractivity contribution in [3.05, 3.63) is 40.8 Å². The normalized spacial score (nSPS) is 11.3. The second kappa shape index (κ2) is 5.14. The van der Waals surface area contributed by atoms with Gasteiger partial charge in [0.25, 0.3) is 10.0 Å². The molecule has 0 bridgehead atoms. The van der Waals surface area contributed by atoms with Crippen molar-refractivity contribution >= 4 is 37.5 Å². The van der Waals surface area contributed by atoms with Gasteiger partial charge in [0.15, 0.2) is 5.82 Å². The van der Waals surface area contributed by atoms with E-state index in [1.165, 1.54) is 24.7 Å². The van der Waals surface area contributed by atoms with Crippen LogP contribution in [0.4, 0.5) is 11.5 Å². The molecule has 0 aliphatic carbocycles. The van der Waals surface area contributed by atoms with Crippen molar-refractivity contribution in [3.8, 4) is 0 Å². The van der Waals surface area contributed by atoms with Crippen LogP contribution in [-0.2, 0) is 10.0 Å². The quantitative estimate of drug-likeness (QED) is 0.830. The first-order valence-electron chi connectivity index (χ1n) is 5.24. The lowest BCUT2D eigenvalue weighted by molar-refractivity contribution is 0.600. The van der Waals surface area contributed by atoms with Gasteiger partial charge in [-0.05, 0) is 40.5 Å². The summed E-state index contributed by atoms with van der Waals surface area (Å²) in [6, 6.07) is 3.05. The number of anilines is 2. The van der Waals surface area contributed by atoms with E-state index in [0.29, 0.717) is 15.7 Å². The van der Waals surface area contributed by atoms with Gasteiger partial charge in [-0.3, -0.25) is 9.71 Å². The SMILES string of the molecule is Cc1cc(Br)c(N)cc1S(=O)(=O)Nc1cnccn1. The summed E-state index contributed by atoms with van der Waals surface area (Å²) in [6.45, 7) is 1.69. The Morgan fingerprint density at radius 1 is 1.32 bits per heavy atom. The van der Waals surface area contributed by atoms with E-state index in [4.69, 9.17) is 5.73 Å². The van der Waals surface area contributed by atoms with Crippen LogP contribution >= 0.6 is 15.9 Å². The number of rotatable bonds is 3. The van der Waals surface area contributed by atoms with Crippen molar-refractivity contribution in [2.45, 2.75) is 11.8 Å². The minimum atomic E-state index is -3.74. The van der Waals surface area contributed by atoms with Crippen molar-refractivity contribution in [1.82, 2.24) is 9.97 Å². The molecule has 0 aliphatic heterocycles. The molecule has 6 nitrogen and oxygen atoms in total. The van der Waals surface area contributed by atoms with Crippen LogP contribution in [0.5, 0.6) is 0 Å². The van der Waals surface area contributed by atoms with Crippen molar-refractivity contribution in [2.75, 3.05) is 10.5 Å². The number of nitrogens with zero attached hydrogens (tertiary/aromatic N) is 2. The molecule has 100 valence electrons. The summed E-state index contributed by atoms with van der Waals surface area (Å²) in [5.41, 5.74) is 6.65. The van der Waals surface area contributed by atoms with Crippen molar-refractivity contribution in [2.24, 2.45) is 0 Å². The van der Waals surface area contributed by atoms with Crippen molar-refractivity contribution < 1.29 is 8.42 Å². The molecule has 1 aromatic carbocycles. The smallest absolute Gasteiger partial charge is 0.263 e. The van der Waals surface area contributed by atoms with E-state index in [1.807, 2.05) is 0 Å². The first-order valence-corrected chi connectivity index (χ1v) is 7.52. The highest BCUT2D eigenvalue weighted by Crippen LogP contribution is 2.27. The van der Waals surface area contributed by atoms with Crippen LogP contribution in [0.25, 0.3) is 0 Å². The largest absolute Gasteiger partial charge is 0.398 e. The topological polar surface area (TPSA) is 98.0 Å². The minimum Gasteiger partial charge on any atom is -0.398 e. The molecule has 0 aliphatic rings. The van der Waals surface area contributed by atoms with E-state index >= 15 is 0 Å². The number of nitrogens with one attached hydrogen (secondary N) is 1. The zero-order valence-electron chi connectivity index (χ0n) is 9.96. The fraction of sp³-hybridized carbons (Fsp3) is 0.0909. The molecule has 0 amide bonds. The number of benzene rings is 1. The Balaban J connectivity index is 2.43. The molecule has 19 heavy (non-hydrogen) atoms. The summed E-state index contributed by atoms with van der Waals surface area (Å²) in [5, 5.41) is 0. The molecule has 0 atom stereocenters. The highest BCUT2D eigenvalue weighted by Gasteiger charge is 2.19. The summed E-state index contributed by atoms with van der Waals surface area (Å²) < 4.78 is 27.5. The van der Waals surface area contributed by atoms with Gasteiger partial charge in [-0.1, -0.05) is 0 Å². The zero-order valence-corrected chi connectivity index (χ0v) is 12.4. The Bertz CT molecular complexity index is 704. The number of sulfonamides is 1. The summed E-state index contributed by atoms with van der Waals surface area (Å²) in [5.74, 6) is 0.156. The average molecular weight is 343 g/mol. The number of nitrogens with two attached hydrogens (primary N) is 1. The molecule has 2 aromatic rings. The molecule has 0 unspecified atom stereocenters. The summed E-state index contributed by atoms with van der Waals surface area (Å²) >= 11 is 3.25. The van der Waals surface area contributed by atoms with Gasteiger partial charge in [0.1, 0.15) is 0 Å². The lowest BCUT2D eigenvalue weighted by atomic mass is 10.2. The lowest BCUT2D eigenvalue weighted by Crippen LogP contribution is -2.15. The predicted octanol–water partition coefficient (Wildman–Crippen LogP) is 1.93. The van der Waals surface area contributed by atoms with Crippen LogP contribution in [-0.4, -0.2) is 18.4 Å². The first kappa shape index (κ1) is 13.8. The Hall–Kier alpha value is -1.67. The molecule has 0 radical (unpaired) electrons. The van der Waals surface area contributed by atoms with Gasteiger partial charge in [-0.15, -0.1) is 0 Å². The van der Waals surface area contributed by atoms with Crippen LogP contribution in [0, 0.1) is 6.92 Å². The van der Waals surface area contributed by atoms with E-state index in [2.05, 4.69) is 30.6 Å². The van der Waals surface area contributed by atoms with E-state index < -0.39 is 10.0 Å². The third kappa shape index (κ3) is 3.02. The molecule has 1 aromatic heterocycles. The molecule has 0 spiro atoms. The van der Waals surface area contributed by atoms with Crippen LogP contribution in [0.1, 0.15) is 5.56 Å². The van der Waals surface area contributed by atoms with Crippen molar-refractivity contribution in [3.63, 3.8) is 0 Å². The molecule has 0 saturated carbocycles. The Morgan fingerprint density at radius 3 is 2.68 bits per heavy atom. The highest BCUT2D eigenvalue weighted by atomic mass is 79.9. The lowest BCUT2D eigenvalue weighted by Gasteiger charge is -2.11. The number of nitrogen functional groups attached to an aromatic ring is 1. The number of aryl methyl sites for hydroxylation is 1. The van der Waals surface area contributed by atoms with Crippen LogP contribution in [0.2, 0.25) is 0 Å². The van der Waals surface area contributed by atoms with Gasteiger partial charge in [-0.25, -0.2) is 13.4 Å². The molecule has 8 heteroatoms. The van der Waals surface area contributed by atoms with E-state index in [9.17, 15) is 8.42 Å². The summed E-state index contributed by atoms with van der Waals surface area (Å²) in [4.78, 5) is 7.77. The molecule has 1 heterocycles. The molecular formula is C11H11BrN4O2S. The maximum Gasteiger partial charge on any atom is 0.263 e. The average Bonchev–Trinajstić information content (AvgIpc) is 2.34. The molecular weight excluding hydrogens is 332 g/mol. The fourth-order valence-corrected chi connectivity index (χ4v) is 3.22. The fourth-order valence-electron chi connectivity index (χ4n) is 1.50. The number of halogens is 1. The summed E-state index contributed by atoms with van der Waals surface area (Å²) in [7, 11) is -3.74. The molecule has 0 saturated heterocycles. The molecule has 0 fully saturated rings. The monoisotopic (exact) mass is 342 g/mol. The first-order chi connectivity index (χ1) is 8.90. The maximum atomic E-state index is 12.2. The third-order valence-corrected chi connectivity index (χ3v) is 4.57. The number of hydrogen-bond acceptors (Lipinski definition) is 5. The highest BCUT2D eigenvalue weighted by molar-refractivity contribution is 9.10. The van der Waals surface area contributed by atoms with E-state index in [-0.39, 0.29) is 10.7 Å².